The second-order valence-corrected chi connectivity index (χ2v) is 8.04. The smallest absolute Gasteiger partial charge is 0.345 e. The summed E-state index contributed by atoms with van der Waals surface area (Å²) in [6.45, 7) is 1.93. The molecule has 148 valence electrons. The first kappa shape index (κ1) is 19.8. The largest absolute Gasteiger partial charge is 0.495 e. The number of aryl methyl sites for hydroxylation is 1. The van der Waals surface area contributed by atoms with Gasteiger partial charge in [-0.15, -0.1) is 5.10 Å². The third-order valence-corrected chi connectivity index (χ3v) is 5.78. The fourth-order valence-electron chi connectivity index (χ4n) is 2.83. The predicted octanol–water partition coefficient (Wildman–Crippen LogP) is 1.54. The van der Waals surface area contributed by atoms with E-state index in [4.69, 9.17) is 4.74 Å². The quantitative estimate of drug-likeness (QED) is 0.647. The molecule has 0 bridgehead atoms. The van der Waals surface area contributed by atoms with Crippen LogP contribution in [0.15, 0.2) is 58.2 Å². The number of benzene rings is 2. The minimum atomic E-state index is -3.79. The van der Waals surface area contributed by atoms with Crippen molar-refractivity contribution in [3.05, 3.63) is 64.6 Å². The van der Waals surface area contributed by atoms with Crippen molar-refractivity contribution in [1.29, 1.82) is 0 Å². The topological polar surface area (TPSA) is 95.2 Å². The zero-order chi connectivity index (χ0) is 20.3. The Balaban J connectivity index is 1.77. The first-order chi connectivity index (χ1) is 13.3. The SMILES string of the molecule is COc1ccc(C)cc1S(=O)(=O)NCCn1nc(-c2ccccc2)n(C)c1=O. The molecule has 1 aromatic heterocycles. The van der Waals surface area contributed by atoms with Gasteiger partial charge in [-0.25, -0.2) is 22.6 Å². The third-order valence-electron chi connectivity index (χ3n) is 4.30. The Bertz CT molecular complexity index is 1130. The van der Waals surface area contributed by atoms with Crippen molar-refractivity contribution in [3.63, 3.8) is 0 Å². The number of ether oxygens (including phenoxy) is 1. The maximum Gasteiger partial charge on any atom is 0.345 e. The first-order valence-electron chi connectivity index (χ1n) is 8.67. The molecular weight excluding hydrogens is 380 g/mol. The highest BCUT2D eigenvalue weighted by Crippen LogP contribution is 2.24. The van der Waals surface area contributed by atoms with E-state index in [-0.39, 0.29) is 29.4 Å². The molecule has 9 heteroatoms. The molecule has 0 aliphatic rings. The number of rotatable bonds is 7. The molecule has 0 radical (unpaired) electrons. The fourth-order valence-corrected chi connectivity index (χ4v) is 4.10. The van der Waals surface area contributed by atoms with Gasteiger partial charge in [0.2, 0.25) is 10.0 Å². The van der Waals surface area contributed by atoms with E-state index in [2.05, 4.69) is 9.82 Å². The van der Waals surface area contributed by atoms with E-state index in [9.17, 15) is 13.2 Å². The second-order valence-electron chi connectivity index (χ2n) is 6.31. The summed E-state index contributed by atoms with van der Waals surface area (Å²) in [6.07, 6.45) is 0. The highest BCUT2D eigenvalue weighted by molar-refractivity contribution is 7.89. The number of sulfonamides is 1. The van der Waals surface area contributed by atoms with Gasteiger partial charge in [0.15, 0.2) is 5.82 Å². The van der Waals surface area contributed by atoms with E-state index >= 15 is 0 Å². The highest BCUT2D eigenvalue weighted by atomic mass is 32.2. The van der Waals surface area contributed by atoms with E-state index < -0.39 is 10.0 Å². The van der Waals surface area contributed by atoms with Crippen LogP contribution in [-0.4, -0.2) is 36.4 Å². The molecule has 8 nitrogen and oxygen atoms in total. The zero-order valence-electron chi connectivity index (χ0n) is 15.9. The summed E-state index contributed by atoms with van der Waals surface area (Å²) in [4.78, 5) is 12.5. The molecule has 3 aromatic rings. The lowest BCUT2D eigenvalue weighted by Crippen LogP contribution is -2.32. The van der Waals surface area contributed by atoms with Gasteiger partial charge in [0.05, 0.1) is 13.7 Å². The van der Waals surface area contributed by atoms with Crippen molar-refractivity contribution in [2.75, 3.05) is 13.7 Å². The Kier molecular flexibility index (Phi) is 5.66. The van der Waals surface area contributed by atoms with Gasteiger partial charge in [-0.2, -0.15) is 0 Å². The minimum absolute atomic E-state index is 0.0184. The Morgan fingerprint density at radius 1 is 1.14 bits per heavy atom. The van der Waals surface area contributed by atoms with E-state index in [1.807, 2.05) is 30.3 Å². The molecular formula is C19H22N4O4S. The van der Waals surface area contributed by atoms with E-state index in [1.165, 1.54) is 16.4 Å². The predicted molar refractivity (Wildman–Crippen MR) is 106 cm³/mol. The third kappa shape index (κ3) is 4.00. The van der Waals surface area contributed by atoms with Gasteiger partial charge >= 0.3 is 5.69 Å². The van der Waals surface area contributed by atoms with Crippen molar-refractivity contribution in [3.8, 4) is 17.1 Å². The fraction of sp³-hybridized carbons (Fsp3) is 0.263. The monoisotopic (exact) mass is 402 g/mol. The standard InChI is InChI=1S/C19H22N4O4S/c1-14-9-10-16(27-3)17(13-14)28(25,26)20-11-12-23-19(24)22(2)18(21-23)15-7-5-4-6-8-15/h4-10,13,20H,11-12H2,1-3H3. The average molecular weight is 402 g/mol. The first-order valence-corrected chi connectivity index (χ1v) is 10.2. The molecule has 3 rings (SSSR count). The Labute approximate surface area is 163 Å². The molecule has 0 aliphatic heterocycles. The highest BCUT2D eigenvalue weighted by Gasteiger charge is 2.20. The van der Waals surface area contributed by atoms with Crippen LogP contribution >= 0.6 is 0 Å². The van der Waals surface area contributed by atoms with Crippen LogP contribution in [0.4, 0.5) is 0 Å². The molecule has 28 heavy (non-hydrogen) atoms. The molecule has 2 aromatic carbocycles. The summed E-state index contributed by atoms with van der Waals surface area (Å²) < 4.78 is 35.6. The molecule has 0 unspecified atom stereocenters. The van der Waals surface area contributed by atoms with Gasteiger partial charge in [0, 0.05) is 19.2 Å². The van der Waals surface area contributed by atoms with Gasteiger partial charge in [-0.05, 0) is 24.6 Å². The van der Waals surface area contributed by atoms with Gasteiger partial charge in [0.1, 0.15) is 10.6 Å². The Morgan fingerprint density at radius 2 is 1.86 bits per heavy atom. The average Bonchev–Trinajstić information content (AvgIpc) is 2.97. The van der Waals surface area contributed by atoms with E-state index in [1.54, 1.807) is 32.2 Å². The van der Waals surface area contributed by atoms with Gasteiger partial charge in [-0.3, -0.25) is 4.57 Å². The summed E-state index contributed by atoms with van der Waals surface area (Å²) in [5.41, 5.74) is 1.30. The van der Waals surface area contributed by atoms with Crippen LogP contribution in [0.5, 0.6) is 5.75 Å². The van der Waals surface area contributed by atoms with Gasteiger partial charge < -0.3 is 4.74 Å². The van der Waals surface area contributed by atoms with Crippen molar-refractivity contribution >= 4 is 10.0 Å². The lowest BCUT2D eigenvalue weighted by atomic mass is 10.2. The maximum atomic E-state index is 12.6. The summed E-state index contributed by atoms with van der Waals surface area (Å²) in [5, 5.41) is 4.33. The maximum absolute atomic E-state index is 12.6. The number of nitrogens with one attached hydrogen (secondary N) is 1. The van der Waals surface area contributed by atoms with Crippen LogP contribution in [0.3, 0.4) is 0 Å². The molecule has 0 amide bonds. The van der Waals surface area contributed by atoms with Crippen LogP contribution in [-0.2, 0) is 23.6 Å². The van der Waals surface area contributed by atoms with Crippen LogP contribution in [0.25, 0.3) is 11.4 Å². The summed E-state index contributed by atoms with van der Waals surface area (Å²) >= 11 is 0. The summed E-state index contributed by atoms with van der Waals surface area (Å²) in [6, 6.07) is 14.3. The van der Waals surface area contributed by atoms with E-state index in [0.29, 0.717) is 5.82 Å². The number of hydrogen-bond acceptors (Lipinski definition) is 5. The van der Waals surface area contributed by atoms with Crippen LogP contribution in [0, 0.1) is 6.92 Å². The molecule has 1 heterocycles. The van der Waals surface area contributed by atoms with Crippen molar-refractivity contribution < 1.29 is 13.2 Å². The normalized spacial score (nSPS) is 11.5. The summed E-state index contributed by atoms with van der Waals surface area (Å²) in [7, 11) is -0.735. The van der Waals surface area contributed by atoms with Gasteiger partial charge in [0.25, 0.3) is 0 Å². The molecule has 0 atom stereocenters. The van der Waals surface area contributed by atoms with Gasteiger partial charge in [-0.1, -0.05) is 36.4 Å². The molecule has 0 spiro atoms. The van der Waals surface area contributed by atoms with Crippen molar-refractivity contribution in [2.24, 2.45) is 7.05 Å². The molecule has 0 saturated carbocycles. The summed E-state index contributed by atoms with van der Waals surface area (Å²) in [5.74, 6) is 0.785. The van der Waals surface area contributed by atoms with Crippen molar-refractivity contribution in [2.45, 2.75) is 18.4 Å². The van der Waals surface area contributed by atoms with E-state index in [0.717, 1.165) is 11.1 Å². The Morgan fingerprint density at radius 3 is 2.54 bits per heavy atom. The molecule has 0 fully saturated rings. The van der Waals surface area contributed by atoms with Crippen LogP contribution in [0.1, 0.15) is 5.56 Å². The second kappa shape index (κ2) is 7.99. The number of methoxy groups -OCH3 is 1. The number of aromatic nitrogens is 3. The molecule has 1 N–H and O–H groups in total. The minimum Gasteiger partial charge on any atom is -0.495 e. The Hall–Kier alpha value is -2.91. The molecule has 0 saturated heterocycles. The molecule has 0 aliphatic carbocycles. The van der Waals surface area contributed by atoms with Crippen LogP contribution in [0.2, 0.25) is 0 Å². The number of nitrogens with zero attached hydrogens (tertiary/aromatic N) is 3. The van der Waals surface area contributed by atoms with Crippen molar-refractivity contribution in [1.82, 2.24) is 19.1 Å². The lowest BCUT2D eigenvalue weighted by molar-refractivity contribution is 0.402. The zero-order valence-corrected chi connectivity index (χ0v) is 16.7. The number of hydrogen-bond donors (Lipinski definition) is 1. The van der Waals surface area contributed by atoms with Crippen LogP contribution < -0.4 is 15.1 Å². The lowest BCUT2D eigenvalue weighted by Gasteiger charge is -2.11.